The van der Waals surface area contributed by atoms with Gasteiger partial charge in [-0.2, -0.15) is 5.10 Å². The van der Waals surface area contributed by atoms with Crippen molar-refractivity contribution in [1.82, 2.24) is 14.9 Å². The van der Waals surface area contributed by atoms with Gasteiger partial charge in [-0.3, -0.25) is 4.68 Å². The Morgan fingerprint density at radius 1 is 1.60 bits per heavy atom. The number of carbonyl (C=O) groups is 1. The van der Waals surface area contributed by atoms with Gasteiger partial charge in [-0.05, 0) is 6.92 Å². The summed E-state index contributed by atoms with van der Waals surface area (Å²) in [6.45, 7) is 1.74. The third kappa shape index (κ3) is 1.61. The number of rotatable bonds is 2. The van der Waals surface area contributed by atoms with E-state index in [1.54, 1.807) is 20.0 Å². The van der Waals surface area contributed by atoms with E-state index < -0.39 is 5.97 Å². The van der Waals surface area contributed by atoms with Crippen LogP contribution in [0, 0.1) is 6.92 Å². The molecule has 6 heteroatoms. The highest BCUT2D eigenvalue weighted by molar-refractivity contribution is 5.94. The van der Waals surface area contributed by atoms with E-state index in [0.29, 0.717) is 17.1 Å². The Labute approximate surface area is 85.1 Å². The number of aryl methyl sites for hydroxylation is 2. The molecule has 0 amide bonds. The summed E-state index contributed by atoms with van der Waals surface area (Å²) in [5.74, 6) is -0.411. The Kier molecular flexibility index (Phi) is 2.03. The molecule has 2 heterocycles. The number of carboxylic acid groups (broad SMARTS) is 1. The van der Waals surface area contributed by atoms with Crippen molar-refractivity contribution in [1.29, 1.82) is 0 Å². The Bertz CT molecular complexity index is 512. The Morgan fingerprint density at radius 3 is 2.87 bits per heavy atom. The fraction of sp³-hybridized carbons (Fsp3) is 0.222. The van der Waals surface area contributed by atoms with E-state index >= 15 is 0 Å². The largest absolute Gasteiger partial charge is 0.478 e. The number of nitrogens with zero attached hydrogens (tertiary/aromatic N) is 3. The molecule has 6 nitrogen and oxygen atoms in total. The predicted molar refractivity (Wildman–Crippen MR) is 50.4 cm³/mol. The van der Waals surface area contributed by atoms with Crippen LogP contribution in [0.2, 0.25) is 0 Å². The summed E-state index contributed by atoms with van der Waals surface area (Å²) in [7, 11) is 1.66. The van der Waals surface area contributed by atoms with Gasteiger partial charge in [-0.25, -0.2) is 4.79 Å². The van der Waals surface area contributed by atoms with E-state index in [9.17, 15) is 4.79 Å². The lowest BCUT2D eigenvalue weighted by atomic mass is 10.2. The van der Waals surface area contributed by atoms with Crippen molar-refractivity contribution in [2.24, 2.45) is 7.05 Å². The zero-order valence-corrected chi connectivity index (χ0v) is 8.26. The SMILES string of the molecule is Cc1cc(-c2nn(C)cc2C(=O)O)no1. The maximum absolute atomic E-state index is 10.9. The van der Waals surface area contributed by atoms with E-state index in [-0.39, 0.29) is 5.56 Å². The first-order valence-corrected chi connectivity index (χ1v) is 4.28. The molecule has 0 aliphatic rings. The van der Waals surface area contributed by atoms with Gasteiger partial charge in [0.05, 0.1) is 0 Å². The fourth-order valence-electron chi connectivity index (χ4n) is 1.31. The molecule has 0 spiro atoms. The lowest BCUT2D eigenvalue weighted by molar-refractivity contribution is 0.0697. The number of aromatic carboxylic acids is 1. The van der Waals surface area contributed by atoms with Crippen molar-refractivity contribution < 1.29 is 14.4 Å². The summed E-state index contributed by atoms with van der Waals surface area (Å²) in [4.78, 5) is 10.9. The van der Waals surface area contributed by atoms with Gasteiger partial charge in [0.25, 0.3) is 0 Å². The summed E-state index contributed by atoms with van der Waals surface area (Å²) in [5, 5.41) is 16.7. The number of hydrogen-bond donors (Lipinski definition) is 1. The first-order valence-electron chi connectivity index (χ1n) is 4.28. The van der Waals surface area contributed by atoms with Gasteiger partial charge in [0.2, 0.25) is 0 Å². The molecule has 0 bridgehead atoms. The van der Waals surface area contributed by atoms with Gasteiger partial charge < -0.3 is 9.63 Å². The maximum atomic E-state index is 10.9. The molecule has 2 rings (SSSR count). The zero-order valence-electron chi connectivity index (χ0n) is 8.26. The topological polar surface area (TPSA) is 81.2 Å². The zero-order chi connectivity index (χ0) is 11.0. The molecule has 0 saturated carbocycles. The van der Waals surface area contributed by atoms with Crippen LogP contribution in [0.25, 0.3) is 11.4 Å². The van der Waals surface area contributed by atoms with Crippen LogP contribution in [0.3, 0.4) is 0 Å². The molecule has 0 fully saturated rings. The highest BCUT2D eigenvalue weighted by Gasteiger charge is 2.18. The van der Waals surface area contributed by atoms with Gasteiger partial charge in [-0.1, -0.05) is 5.16 Å². The second-order valence-electron chi connectivity index (χ2n) is 3.19. The third-order valence-corrected chi connectivity index (χ3v) is 1.93. The molecule has 0 atom stereocenters. The van der Waals surface area contributed by atoms with Crippen LogP contribution in [-0.2, 0) is 7.05 Å². The summed E-state index contributed by atoms with van der Waals surface area (Å²) in [6.07, 6.45) is 1.43. The van der Waals surface area contributed by atoms with Gasteiger partial charge >= 0.3 is 5.97 Å². The molecule has 78 valence electrons. The first kappa shape index (κ1) is 9.45. The second kappa shape index (κ2) is 3.23. The predicted octanol–water partition coefficient (Wildman–Crippen LogP) is 1.08. The fourth-order valence-corrected chi connectivity index (χ4v) is 1.31. The quantitative estimate of drug-likeness (QED) is 0.796. The standard InChI is InChI=1S/C9H9N3O3/c1-5-3-7(11-15-5)8-6(9(13)14)4-12(2)10-8/h3-4H,1-2H3,(H,13,14). The highest BCUT2D eigenvalue weighted by Crippen LogP contribution is 2.21. The summed E-state index contributed by atoms with van der Waals surface area (Å²) in [6, 6.07) is 1.65. The van der Waals surface area contributed by atoms with Gasteiger partial charge in [0.15, 0.2) is 0 Å². The van der Waals surface area contributed by atoms with Crippen LogP contribution in [0.5, 0.6) is 0 Å². The molecule has 0 aromatic carbocycles. The maximum Gasteiger partial charge on any atom is 0.339 e. The van der Waals surface area contributed by atoms with Crippen LogP contribution in [0.4, 0.5) is 0 Å². The van der Waals surface area contributed by atoms with Gasteiger partial charge in [0.1, 0.15) is 22.7 Å². The second-order valence-corrected chi connectivity index (χ2v) is 3.19. The van der Waals surface area contributed by atoms with E-state index in [1.807, 2.05) is 0 Å². The van der Waals surface area contributed by atoms with Crippen molar-refractivity contribution in [3.8, 4) is 11.4 Å². The van der Waals surface area contributed by atoms with Crippen LogP contribution in [0.15, 0.2) is 16.8 Å². The third-order valence-electron chi connectivity index (χ3n) is 1.93. The van der Waals surface area contributed by atoms with Crippen molar-refractivity contribution >= 4 is 5.97 Å². The number of aromatic nitrogens is 3. The number of carboxylic acids is 1. The van der Waals surface area contributed by atoms with Crippen LogP contribution >= 0.6 is 0 Å². The molecule has 15 heavy (non-hydrogen) atoms. The Hall–Kier alpha value is -2.11. The first-order chi connectivity index (χ1) is 7.08. The molecule has 1 N–H and O–H groups in total. The average Bonchev–Trinajstić information content (AvgIpc) is 2.71. The minimum Gasteiger partial charge on any atom is -0.478 e. The van der Waals surface area contributed by atoms with Crippen LogP contribution in [0.1, 0.15) is 16.1 Å². The molecule has 2 aromatic rings. The lowest BCUT2D eigenvalue weighted by Gasteiger charge is -1.90. The molecule has 0 aliphatic heterocycles. The summed E-state index contributed by atoms with van der Waals surface area (Å²) >= 11 is 0. The van der Waals surface area contributed by atoms with Gasteiger partial charge in [0, 0.05) is 19.3 Å². The minimum atomic E-state index is -1.03. The van der Waals surface area contributed by atoms with Gasteiger partial charge in [-0.15, -0.1) is 0 Å². The molecule has 0 saturated heterocycles. The van der Waals surface area contributed by atoms with Crippen LogP contribution in [-0.4, -0.2) is 26.0 Å². The van der Waals surface area contributed by atoms with E-state index in [4.69, 9.17) is 9.63 Å². The lowest BCUT2D eigenvalue weighted by Crippen LogP contribution is -1.96. The van der Waals surface area contributed by atoms with E-state index in [2.05, 4.69) is 10.3 Å². The Morgan fingerprint density at radius 2 is 2.33 bits per heavy atom. The minimum absolute atomic E-state index is 0.116. The Balaban J connectivity index is 2.56. The van der Waals surface area contributed by atoms with E-state index in [1.165, 1.54) is 10.9 Å². The normalized spacial score (nSPS) is 10.5. The highest BCUT2D eigenvalue weighted by atomic mass is 16.5. The molecule has 0 unspecified atom stereocenters. The van der Waals surface area contributed by atoms with Crippen molar-refractivity contribution in [2.75, 3.05) is 0 Å². The molecular formula is C9H9N3O3. The summed E-state index contributed by atoms with van der Waals surface area (Å²) in [5.41, 5.74) is 0.873. The van der Waals surface area contributed by atoms with Crippen molar-refractivity contribution in [3.63, 3.8) is 0 Å². The molecule has 2 aromatic heterocycles. The summed E-state index contributed by atoms with van der Waals surface area (Å²) < 4.78 is 6.30. The van der Waals surface area contributed by atoms with Crippen LogP contribution < -0.4 is 0 Å². The van der Waals surface area contributed by atoms with Crippen molar-refractivity contribution in [2.45, 2.75) is 6.92 Å². The number of hydrogen-bond acceptors (Lipinski definition) is 4. The monoisotopic (exact) mass is 207 g/mol. The molecule has 0 radical (unpaired) electrons. The smallest absolute Gasteiger partial charge is 0.339 e. The molecular weight excluding hydrogens is 198 g/mol. The molecule has 0 aliphatic carbocycles. The average molecular weight is 207 g/mol. The van der Waals surface area contributed by atoms with Crippen molar-refractivity contribution in [3.05, 3.63) is 23.6 Å². The van der Waals surface area contributed by atoms with E-state index in [0.717, 1.165) is 0 Å².